The standard InChI is InChI=1S/C15H19N3S.C6H12O/c1-3-17-15-10-9-12(11-14(15)16)18(2)19-13-7-5-4-6-8-13;1-6-2-4-7-5-3-6/h4-11,17H,3,16H2,1-2H3;6H,2-5H2,1H3. The van der Waals surface area contributed by atoms with Crippen LogP contribution in [0.1, 0.15) is 26.7 Å². The molecule has 3 N–H and O–H groups in total. The zero-order valence-electron chi connectivity index (χ0n) is 16.1. The van der Waals surface area contributed by atoms with Crippen molar-refractivity contribution in [2.75, 3.05) is 42.2 Å². The Morgan fingerprint density at radius 1 is 1.15 bits per heavy atom. The molecule has 0 spiro atoms. The third-order valence-corrected chi connectivity index (χ3v) is 5.23. The number of ether oxygens (including phenoxy) is 1. The zero-order valence-corrected chi connectivity index (χ0v) is 16.9. The molecule has 0 aliphatic carbocycles. The third kappa shape index (κ3) is 6.81. The van der Waals surface area contributed by atoms with Gasteiger partial charge in [0.2, 0.25) is 0 Å². The van der Waals surface area contributed by atoms with Gasteiger partial charge in [-0.2, -0.15) is 0 Å². The van der Waals surface area contributed by atoms with E-state index in [2.05, 4.69) is 41.7 Å². The highest BCUT2D eigenvalue weighted by Crippen LogP contribution is 2.31. The molecule has 0 amide bonds. The lowest BCUT2D eigenvalue weighted by Gasteiger charge is -2.19. The molecular weight excluding hydrogens is 342 g/mol. The predicted molar refractivity (Wildman–Crippen MR) is 115 cm³/mol. The first kappa shape index (κ1) is 20.5. The Morgan fingerprint density at radius 3 is 2.38 bits per heavy atom. The van der Waals surface area contributed by atoms with Crippen LogP contribution < -0.4 is 15.4 Å². The van der Waals surface area contributed by atoms with Gasteiger partial charge in [0.05, 0.1) is 11.4 Å². The lowest BCUT2D eigenvalue weighted by Crippen LogP contribution is -2.12. The van der Waals surface area contributed by atoms with E-state index in [-0.39, 0.29) is 0 Å². The monoisotopic (exact) mass is 373 g/mol. The molecule has 4 nitrogen and oxygen atoms in total. The molecule has 0 atom stereocenters. The third-order valence-electron chi connectivity index (χ3n) is 4.26. The molecule has 0 radical (unpaired) electrons. The summed E-state index contributed by atoms with van der Waals surface area (Å²) < 4.78 is 7.25. The van der Waals surface area contributed by atoms with Gasteiger partial charge in [-0.25, -0.2) is 0 Å². The molecule has 1 aliphatic heterocycles. The first-order valence-corrected chi connectivity index (χ1v) is 10.1. The van der Waals surface area contributed by atoms with Crippen LogP contribution in [0.25, 0.3) is 0 Å². The van der Waals surface area contributed by atoms with Gasteiger partial charge in [-0.15, -0.1) is 0 Å². The summed E-state index contributed by atoms with van der Waals surface area (Å²) in [4.78, 5) is 1.21. The summed E-state index contributed by atoms with van der Waals surface area (Å²) in [6.07, 6.45) is 2.53. The largest absolute Gasteiger partial charge is 0.397 e. The van der Waals surface area contributed by atoms with Crippen molar-refractivity contribution >= 4 is 29.0 Å². The maximum absolute atomic E-state index is 6.04. The van der Waals surface area contributed by atoms with Crippen LogP contribution in [0.5, 0.6) is 0 Å². The van der Waals surface area contributed by atoms with Crippen LogP contribution in [-0.2, 0) is 4.74 Å². The van der Waals surface area contributed by atoms with Gasteiger partial charge in [-0.3, -0.25) is 0 Å². The van der Waals surface area contributed by atoms with Crippen LogP contribution in [0, 0.1) is 5.92 Å². The molecule has 3 rings (SSSR count). The number of nitrogens with two attached hydrogens (primary N) is 1. The SMILES string of the molecule is CC1CCOCC1.CCNc1ccc(N(C)Sc2ccccc2)cc1N. The number of nitrogens with zero attached hydrogens (tertiary/aromatic N) is 1. The molecule has 142 valence electrons. The van der Waals surface area contributed by atoms with Crippen molar-refractivity contribution in [3.05, 3.63) is 48.5 Å². The maximum atomic E-state index is 6.04. The number of nitrogens with one attached hydrogen (secondary N) is 1. The second-order valence-corrected chi connectivity index (χ2v) is 7.70. The summed E-state index contributed by atoms with van der Waals surface area (Å²) >= 11 is 1.68. The molecule has 1 aliphatic rings. The van der Waals surface area contributed by atoms with E-state index < -0.39 is 0 Å². The van der Waals surface area contributed by atoms with Crippen LogP contribution in [0.3, 0.4) is 0 Å². The summed E-state index contributed by atoms with van der Waals surface area (Å²) in [7, 11) is 2.04. The molecule has 2 aromatic rings. The maximum Gasteiger partial charge on any atom is 0.0575 e. The molecule has 2 aromatic carbocycles. The Kier molecular flexibility index (Phi) is 8.65. The number of anilines is 3. The van der Waals surface area contributed by atoms with Crippen LogP contribution in [0.2, 0.25) is 0 Å². The minimum absolute atomic E-state index is 0.778. The smallest absolute Gasteiger partial charge is 0.0575 e. The highest BCUT2D eigenvalue weighted by molar-refractivity contribution is 8.00. The minimum Gasteiger partial charge on any atom is -0.397 e. The Hall–Kier alpha value is -1.85. The lowest BCUT2D eigenvalue weighted by molar-refractivity contribution is 0.0716. The topological polar surface area (TPSA) is 50.5 Å². The molecule has 5 heteroatoms. The Morgan fingerprint density at radius 2 is 1.85 bits per heavy atom. The second-order valence-electron chi connectivity index (χ2n) is 6.50. The highest BCUT2D eigenvalue weighted by Gasteiger charge is 2.07. The van der Waals surface area contributed by atoms with Crippen LogP contribution in [0.15, 0.2) is 53.4 Å². The molecule has 0 unspecified atom stereocenters. The van der Waals surface area contributed by atoms with Crippen LogP contribution in [-0.4, -0.2) is 26.8 Å². The number of benzene rings is 2. The molecule has 26 heavy (non-hydrogen) atoms. The minimum atomic E-state index is 0.778. The van der Waals surface area contributed by atoms with Crippen molar-refractivity contribution in [2.24, 2.45) is 5.92 Å². The van der Waals surface area contributed by atoms with E-state index in [4.69, 9.17) is 10.5 Å². The first-order chi connectivity index (χ1) is 12.6. The quantitative estimate of drug-likeness (QED) is 0.552. The molecule has 1 fully saturated rings. The zero-order chi connectivity index (χ0) is 18.8. The van der Waals surface area contributed by atoms with Crippen molar-refractivity contribution in [1.29, 1.82) is 0 Å². The van der Waals surface area contributed by atoms with E-state index in [0.717, 1.165) is 42.7 Å². The van der Waals surface area contributed by atoms with E-state index >= 15 is 0 Å². The van der Waals surface area contributed by atoms with E-state index in [1.807, 2.05) is 37.4 Å². The van der Waals surface area contributed by atoms with E-state index in [0.29, 0.717) is 0 Å². The molecule has 0 saturated carbocycles. The average molecular weight is 374 g/mol. The second kappa shape index (κ2) is 11.0. The van der Waals surface area contributed by atoms with Crippen molar-refractivity contribution < 1.29 is 4.74 Å². The Labute approximate surface area is 162 Å². The first-order valence-electron chi connectivity index (χ1n) is 9.28. The van der Waals surface area contributed by atoms with Gasteiger partial charge in [0.15, 0.2) is 0 Å². The summed E-state index contributed by atoms with van der Waals surface area (Å²) in [6, 6.07) is 16.4. The summed E-state index contributed by atoms with van der Waals surface area (Å²) in [5, 5.41) is 3.24. The molecular formula is C21H31N3OS. The molecule has 0 aromatic heterocycles. The van der Waals surface area contributed by atoms with E-state index in [9.17, 15) is 0 Å². The van der Waals surface area contributed by atoms with Crippen molar-refractivity contribution in [2.45, 2.75) is 31.6 Å². The number of hydrogen-bond donors (Lipinski definition) is 2. The number of rotatable bonds is 5. The van der Waals surface area contributed by atoms with Gasteiger partial charge < -0.3 is 20.1 Å². The van der Waals surface area contributed by atoms with Crippen molar-refractivity contribution in [3.8, 4) is 0 Å². The summed E-state index contributed by atoms with van der Waals surface area (Å²) in [5.74, 6) is 0.911. The Bertz CT molecular complexity index is 645. The van der Waals surface area contributed by atoms with Gasteiger partial charge in [-0.05, 0) is 68.0 Å². The number of hydrogen-bond acceptors (Lipinski definition) is 5. The predicted octanol–water partition coefficient (Wildman–Crippen LogP) is 5.28. The summed E-state index contributed by atoms with van der Waals surface area (Å²) in [5.41, 5.74) is 8.90. The van der Waals surface area contributed by atoms with Gasteiger partial charge in [0.25, 0.3) is 0 Å². The van der Waals surface area contributed by atoms with Crippen molar-refractivity contribution in [1.82, 2.24) is 0 Å². The number of nitrogen functional groups attached to an aromatic ring is 1. The molecule has 0 bridgehead atoms. The average Bonchev–Trinajstić information content (AvgIpc) is 2.65. The normalized spacial score (nSPS) is 14.3. The van der Waals surface area contributed by atoms with Crippen LogP contribution in [0.4, 0.5) is 17.1 Å². The van der Waals surface area contributed by atoms with Crippen molar-refractivity contribution in [3.63, 3.8) is 0 Å². The fourth-order valence-corrected chi connectivity index (χ4v) is 3.42. The van der Waals surface area contributed by atoms with E-state index in [1.54, 1.807) is 11.9 Å². The van der Waals surface area contributed by atoms with Gasteiger partial charge >= 0.3 is 0 Å². The van der Waals surface area contributed by atoms with Gasteiger partial charge in [0, 0.05) is 37.4 Å². The molecule has 1 saturated heterocycles. The van der Waals surface area contributed by atoms with Crippen LogP contribution >= 0.6 is 11.9 Å². The highest BCUT2D eigenvalue weighted by atomic mass is 32.2. The van der Waals surface area contributed by atoms with E-state index in [1.165, 1.54) is 17.7 Å². The Balaban J connectivity index is 0.000000290. The lowest BCUT2D eigenvalue weighted by atomic mass is 10.0. The fraction of sp³-hybridized carbons (Fsp3) is 0.429. The van der Waals surface area contributed by atoms with Gasteiger partial charge in [0.1, 0.15) is 0 Å². The fourth-order valence-electron chi connectivity index (χ4n) is 2.61. The molecule has 1 heterocycles. The summed E-state index contributed by atoms with van der Waals surface area (Å²) in [6.45, 7) is 7.19. The van der Waals surface area contributed by atoms with Gasteiger partial charge in [-0.1, -0.05) is 25.1 Å².